The zero-order valence-corrected chi connectivity index (χ0v) is 8.10. The average Bonchev–Trinajstić information content (AvgIpc) is 2.55. The first kappa shape index (κ1) is 9.08. The summed E-state index contributed by atoms with van der Waals surface area (Å²) in [6, 6.07) is 4.73. The van der Waals surface area contributed by atoms with Crippen molar-refractivity contribution in [1.29, 1.82) is 0 Å². The number of methoxy groups -OCH3 is 1. The second-order valence-electron chi connectivity index (χ2n) is 2.64. The maximum Gasteiger partial charge on any atom is 0.337 e. The summed E-state index contributed by atoms with van der Waals surface area (Å²) in [4.78, 5) is 14.8. The van der Waals surface area contributed by atoms with Gasteiger partial charge in [-0.15, -0.1) is 0 Å². The zero-order chi connectivity index (χ0) is 10.1. The van der Waals surface area contributed by atoms with Crippen molar-refractivity contribution in [3.63, 3.8) is 0 Å². The van der Waals surface area contributed by atoms with Crippen molar-refractivity contribution >= 4 is 27.5 Å². The summed E-state index contributed by atoms with van der Waals surface area (Å²) >= 11 is 0.909. The molecular weight excluding hydrogens is 205 g/mol. The van der Waals surface area contributed by atoms with Gasteiger partial charge in [-0.05, 0) is 18.2 Å². The van der Waals surface area contributed by atoms with Crippen LogP contribution in [0.3, 0.4) is 0 Å². The maximum atomic E-state index is 12.7. The van der Waals surface area contributed by atoms with Crippen LogP contribution in [0.5, 0.6) is 0 Å². The Morgan fingerprint density at radius 2 is 2.36 bits per heavy atom. The Balaban J connectivity index is 2.55. The van der Waals surface area contributed by atoms with Crippen LogP contribution in [0.25, 0.3) is 10.2 Å². The van der Waals surface area contributed by atoms with Gasteiger partial charge in [0.25, 0.3) is 5.26 Å². The predicted molar refractivity (Wildman–Crippen MR) is 50.9 cm³/mol. The third kappa shape index (κ3) is 1.46. The molecule has 72 valence electrons. The molecule has 0 aliphatic heterocycles. The monoisotopic (exact) mass is 211 g/mol. The zero-order valence-electron chi connectivity index (χ0n) is 7.28. The molecule has 1 aromatic heterocycles. The van der Waals surface area contributed by atoms with Crippen molar-refractivity contribution in [3.8, 4) is 0 Å². The van der Waals surface area contributed by atoms with Crippen molar-refractivity contribution in [2.24, 2.45) is 0 Å². The molecule has 5 heteroatoms. The molecule has 0 bridgehead atoms. The highest BCUT2D eigenvalue weighted by Gasteiger charge is 2.08. The number of carbonyl (C=O) groups excluding carboxylic acids is 1. The minimum absolute atomic E-state index is 0.406. The molecule has 0 saturated heterocycles. The van der Waals surface area contributed by atoms with E-state index in [4.69, 9.17) is 0 Å². The summed E-state index contributed by atoms with van der Waals surface area (Å²) < 4.78 is 17.9. The van der Waals surface area contributed by atoms with Gasteiger partial charge in [-0.2, -0.15) is 4.39 Å². The molecule has 0 aliphatic carbocycles. The number of halogens is 1. The highest BCUT2D eigenvalue weighted by atomic mass is 32.1. The van der Waals surface area contributed by atoms with Crippen LogP contribution in [-0.4, -0.2) is 18.1 Å². The SMILES string of the molecule is COC(=O)c1ccc2nc(F)sc2c1. The van der Waals surface area contributed by atoms with Gasteiger partial charge in [0, 0.05) is 0 Å². The molecule has 1 aromatic carbocycles. The van der Waals surface area contributed by atoms with E-state index in [0.717, 1.165) is 11.3 Å². The fraction of sp³-hybridized carbons (Fsp3) is 0.111. The number of nitrogens with zero attached hydrogens (tertiary/aromatic N) is 1. The van der Waals surface area contributed by atoms with E-state index >= 15 is 0 Å². The Morgan fingerprint density at radius 1 is 1.57 bits per heavy atom. The van der Waals surface area contributed by atoms with E-state index in [9.17, 15) is 9.18 Å². The van der Waals surface area contributed by atoms with Crippen LogP contribution in [0.2, 0.25) is 0 Å². The smallest absolute Gasteiger partial charge is 0.337 e. The van der Waals surface area contributed by atoms with Gasteiger partial charge in [-0.3, -0.25) is 0 Å². The highest BCUT2D eigenvalue weighted by Crippen LogP contribution is 2.22. The van der Waals surface area contributed by atoms with Crippen LogP contribution in [0.4, 0.5) is 4.39 Å². The van der Waals surface area contributed by atoms with Crippen molar-refractivity contribution in [1.82, 2.24) is 4.98 Å². The standard InChI is InChI=1S/C9H6FNO2S/c1-13-8(12)5-2-3-6-7(4-5)14-9(10)11-6/h2-4H,1H3. The van der Waals surface area contributed by atoms with Gasteiger partial charge in [0.15, 0.2) is 0 Å². The van der Waals surface area contributed by atoms with Crippen molar-refractivity contribution < 1.29 is 13.9 Å². The lowest BCUT2D eigenvalue weighted by Crippen LogP contribution is -1.99. The Bertz CT molecular complexity index is 495. The third-order valence-electron chi connectivity index (χ3n) is 1.78. The topological polar surface area (TPSA) is 39.2 Å². The molecule has 2 rings (SSSR count). The molecule has 0 unspecified atom stereocenters. The fourth-order valence-corrected chi connectivity index (χ4v) is 1.87. The van der Waals surface area contributed by atoms with E-state index in [-0.39, 0.29) is 0 Å². The molecule has 0 radical (unpaired) electrons. The van der Waals surface area contributed by atoms with Crippen molar-refractivity contribution in [2.45, 2.75) is 0 Å². The highest BCUT2D eigenvalue weighted by molar-refractivity contribution is 7.17. The van der Waals surface area contributed by atoms with Crippen LogP contribution in [0.1, 0.15) is 10.4 Å². The van der Waals surface area contributed by atoms with E-state index in [2.05, 4.69) is 9.72 Å². The number of fused-ring (bicyclic) bond motifs is 1. The first-order valence-corrected chi connectivity index (χ1v) is 4.67. The van der Waals surface area contributed by atoms with Gasteiger partial charge in [-0.1, -0.05) is 11.3 Å². The first-order valence-electron chi connectivity index (χ1n) is 3.85. The minimum Gasteiger partial charge on any atom is -0.465 e. The number of esters is 1. The molecule has 3 nitrogen and oxygen atoms in total. The van der Waals surface area contributed by atoms with Gasteiger partial charge < -0.3 is 4.74 Å². The van der Waals surface area contributed by atoms with Gasteiger partial charge in [-0.25, -0.2) is 9.78 Å². The number of carbonyl (C=O) groups is 1. The Hall–Kier alpha value is -1.49. The summed E-state index contributed by atoms with van der Waals surface area (Å²) in [5.41, 5.74) is 0.962. The number of ether oxygens (including phenoxy) is 1. The Kier molecular flexibility index (Phi) is 2.17. The van der Waals surface area contributed by atoms with E-state index in [1.165, 1.54) is 7.11 Å². The molecule has 1 heterocycles. The molecule has 0 spiro atoms. The van der Waals surface area contributed by atoms with Gasteiger partial charge in [0.05, 0.1) is 22.9 Å². The summed E-state index contributed by atoms with van der Waals surface area (Å²) in [6.45, 7) is 0. The Labute approximate surface area is 83.1 Å². The molecule has 2 aromatic rings. The molecule has 0 atom stereocenters. The molecule has 0 amide bonds. The average molecular weight is 211 g/mol. The van der Waals surface area contributed by atoms with Gasteiger partial charge in [0.2, 0.25) is 0 Å². The third-order valence-corrected chi connectivity index (χ3v) is 2.59. The van der Waals surface area contributed by atoms with Crippen molar-refractivity contribution in [3.05, 3.63) is 29.0 Å². The number of hydrogen-bond acceptors (Lipinski definition) is 4. The van der Waals surface area contributed by atoms with Gasteiger partial charge >= 0.3 is 5.97 Å². The van der Waals surface area contributed by atoms with E-state index in [1.807, 2.05) is 0 Å². The van der Waals surface area contributed by atoms with Crippen LogP contribution in [0, 0.1) is 5.26 Å². The van der Waals surface area contributed by atoms with Crippen LogP contribution < -0.4 is 0 Å². The molecular formula is C9H6FNO2S. The fourth-order valence-electron chi connectivity index (χ4n) is 1.14. The van der Waals surface area contributed by atoms with E-state index in [0.29, 0.717) is 15.8 Å². The van der Waals surface area contributed by atoms with Crippen LogP contribution in [-0.2, 0) is 4.74 Å². The number of benzene rings is 1. The minimum atomic E-state index is -0.498. The second kappa shape index (κ2) is 3.34. The van der Waals surface area contributed by atoms with E-state index in [1.54, 1.807) is 18.2 Å². The lowest BCUT2D eigenvalue weighted by atomic mass is 10.2. The molecule has 0 N–H and O–H groups in total. The normalized spacial score (nSPS) is 10.4. The van der Waals surface area contributed by atoms with Crippen LogP contribution in [0.15, 0.2) is 18.2 Å². The molecule has 0 saturated carbocycles. The van der Waals surface area contributed by atoms with Crippen molar-refractivity contribution in [2.75, 3.05) is 7.11 Å². The number of hydrogen-bond donors (Lipinski definition) is 0. The number of thiazole rings is 1. The van der Waals surface area contributed by atoms with Crippen LogP contribution >= 0.6 is 11.3 Å². The number of rotatable bonds is 1. The maximum absolute atomic E-state index is 12.7. The molecule has 0 fully saturated rings. The molecule has 0 aliphatic rings. The number of aromatic nitrogens is 1. The summed E-state index contributed by atoms with van der Waals surface area (Å²) in [5, 5.41) is -0.498. The summed E-state index contributed by atoms with van der Waals surface area (Å²) in [5.74, 6) is -0.430. The first-order chi connectivity index (χ1) is 6.70. The summed E-state index contributed by atoms with van der Waals surface area (Å²) in [7, 11) is 1.31. The predicted octanol–water partition coefficient (Wildman–Crippen LogP) is 2.22. The quantitative estimate of drug-likeness (QED) is 0.679. The molecule has 14 heavy (non-hydrogen) atoms. The Morgan fingerprint density at radius 3 is 3.07 bits per heavy atom. The lowest BCUT2D eigenvalue weighted by Gasteiger charge is -1.97. The van der Waals surface area contributed by atoms with Gasteiger partial charge in [0.1, 0.15) is 0 Å². The largest absolute Gasteiger partial charge is 0.465 e. The second-order valence-corrected chi connectivity index (χ2v) is 3.62. The lowest BCUT2D eigenvalue weighted by molar-refractivity contribution is 0.0601. The summed E-state index contributed by atoms with van der Waals surface area (Å²) in [6.07, 6.45) is 0. The van der Waals surface area contributed by atoms with E-state index < -0.39 is 11.2 Å².